The average Bonchev–Trinajstić information content (AvgIpc) is 2.22. The van der Waals surface area contributed by atoms with Crippen molar-refractivity contribution in [3.05, 3.63) is 23.5 Å². The van der Waals surface area contributed by atoms with Crippen molar-refractivity contribution in [3.8, 4) is 0 Å². The van der Waals surface area contributed by atoms with Gasteiger partial charge < -0.3 is 10.3 Å². The molecule has 1 aliphatic rings. The standard InChI is InChI=1S/C10H15ClN4/c1-14-4-6-15(7-5-14)13-9-2-3-12-10(11)8-9/h2-3,8H,4-7H2,1H3,(H,12,13). The summed E-state index contributed by atoms with van der Waals surface area (Å²) >= 11 is 5.81. The second kappa shape index (κ2) is 4.79. The molecule has 0 amide bonds. The fourth-order valence-electron chi connectivity index (χ4n) is 1.57. The highest BCUT2D eigenvalue weighted by Gasteiger charge is 2.13. The predicted molar refractivity (Wildman–Crippen MR) is 61.9 cm³/mol. The Hall–Kier alpha value is -0.840. The normalized spacial score (nSPS) is 19.1. The molecule has 0 bridgehead atoms. The lowest BCUT2D eigenvalue weighted by molar-refractivity contribution is 0.179. The molecule has 1 aromatic rings. The number of anilines is 1. The Morgan fingerprint density at radius 2 is 2.07 bits per heavy atom. The molecule has 1 fully saturated rings. The molecule has 1 N–H and O–H groups in total. The molecule has 0 atom stereocenters. The van der Waals surface area contributed by atoms with E-state index in [1.54, 1.807) is 6.20 Å². The van der Waals surface area contributed by atoms with Crippen molar-refractivity contribution < 1.29 is 0 Å². The molecule has 0 aliphatic carbocycles. The van der Waals surface area contributed by atoms with Gasteiger partial charge in [0.1, 0.15) is 5.15 Å². The van der Waals surface area contributed by atoms with E-state index in [1.165, 1.54) is 0 Å². The Morgan fingerprint density at radius 1 is 1.33 bits per heavy atom. The van der Waals surface area contributed by atoms with Crippen molar-refractivity contribution in [1.29, 1.82) is 0 Å². The van der Waals surface area contributed by atoms with Crippen LogP contribution in [0.4, 0.5) is 5.69 Å². The van der Waals surface area contributed by atoms with Crippen molar-refractivity contribution in [1.82, 2.24) is 14.9 Å². The van der Waals surface area contributed by atoms with Crippen molar-refractivity contribution in [2.45, 2.75) is 0 Å². The minimum absolute atomic E-state index is 0.522. The lowest BCUT2D eigenvalue weighted by Gasteiger charge is -2.33. The van der Waals surface area contributed by atoms with Crippen LogP contribution in [0.15, 0.2) is 18.3 Å². The van der Waals surface area contributed by atoms with Gasteiger partial charge in [-0.15, -0.1) is 0 Å². The van der Waals surface area contributed by atoms with Gasteiger partial charge in [-0.2, -0.15) is 0 Å². The van der Waals surface area contributed by atoms with Gasteiger partial charge in [0.15, 0.2) is 0 Å². The number of nitrogens with zero attached hydrogens (tertiary/aromatic N) is 3. The van der Waals surface area contributed by atoms with Crippen molar-refractivity contribution in [3.63, 3.8) is 0 Å². The molecule has 2 heterocycles. The highest BCUT2D eigenvalue weighted by atomic mass is 35.5. The number of aromatic nitrogens is 1. The minimum Gasteiger partial charge on any atom is -0.319 e. The number of nitrogens with one attached hydrogen (secondary N) is 1. The van der Waals surface area contributed by atoms with Gasteiger partial charge in [-0.1, -0.05) is 11.6 Å². The number of hydrazine groups is 1. The first kappa shape index (κ1) is 10.7. The zero-order chi connectivity index (χ0) is 10.7. The molecule has 1 aromatic heterocycles. The van der Waals surface area contributed by atoms with Crippen LogP contribution in [-0.4, -0.2) is 48.1 Å². The second-order valence-electron chi connectivity index (χ2n) is 3.77. The molecule has 15 heavy (non-hydrogen) atoms. The van der Waals surface area contributed by atoms with E-state index < -0.39 is 0 Å². The third-order valence-corrected chi connectivity index (χ3v) is 2.72. The van der Waals surface area contributed by atoms with Crippen LogP contribution in [0.2, 0.25) is 5.15 Å². The maximum Gasteiger partial charge on any atom is 0.131 e. The maximum atomic E-state index is 5.81. The van der Waals surface area contributed by atoms with Gasteiger partial charge in [0.25, 0.3) is 0 Å². The van der Waals surface area contributed by atoms with Crippen LogP contribution in [-0.2, 0) is 0 Å². The second-order valence-corrected chi connectivity index (χ2v) is 4.16. The predicted octanol–water partition coefficient (Wildman–Crippen LogP) is 1.31. The summed E-state index contributed by atoms with van der Waals surface area (Å²) in [6.07, 6.45) is 1.71. The van der Waals surface area contributed by atoms with Crippen LogP contribution in [0.5, 0.6) is 0 Å². The summed E-state index contributed by atoms with van der Waals surface area (Å²) in [5.41, 5.74) is 4.32. The van der Waals surface area contributed by atoms with E-state index in [2.05, 4.69) is 27.4 Å². The van der Waals surface area contributed by atoms with E-state index >= 15 is 0 Å². The number of likely N-dealkylation sites (N-methyl/N-ethyl adjacent to an activating group) is 1. The first-order valence-corrected chi connectivity index (χ1v) is 5.43. The van der Waals surface area contributed by atoms with E-state index in [0.717, 1.165) is 31.9 Å². The fraction of sp³-hybridized carbons (Fsp3) is 0.500. The first-order chi connectivity index (χ1) is 7.24. The van der Waals surface area contributed by atoms with E-state index in [0.29, 0.717) is 5.15 Å². The van der Waals surface area contributed by atoms with Gasteiger partial charge in [-0.3, -0.25) is 0 Å². The van der Waals surface area contributed by atoms with Gasteiger partial charge in [-0.05, 0) is 19.2 Å². The molecular weight excluding hydrogens is 212 g/mol. The summed E-state index contributed by atoms with van der Waals surface area (Å²) in [4.78, 5) is 6.26. The Morgan fingerprint density at radius 3 is 2.73 bits per heavy atom. The lowest BCUT2D eigenvalue weighted by atomic mass is 10.4. The molecule has 1 aliphatic heterocycles. The van der Waals surface area contributed by atoms with E-state index in [-0.39, 0.29) is 0 Å². The zero-order valence-electron chi connectivity index (χ0n) is 8.78. The van der Waals surface area contributed by atoms with E-state index in [9.17, 15) is 0 Å². The molecule has 82 valence electrons. The summed E-state index contributed by atoms with van der Waals surface area (Å²) < 4.78 is 0. The molecule has 0 spiro atoms. The zero-order valence-corrected chi connectivity index (χ0v) is 9.54. The maximum absolute atomic E-state index is 5.81. The van der Waals surface area contributed by atoms with Gasteiger partial charge >= 0.3 is 0 Å². The van der Waals surface area contributed by atoms with Gasteiger partial charge in [-0.25, -0.2) is 9.99 Å². The van der Waals surface area contributed by atoms with Crippen LogP contribution >= 0.6 is 11.6 Å². The molecule has 1 saturated heterocycles. The van der Waals surface area contributed by atoms with E-state index in [1.807, 2.05) is 12.1 Å². The topological polar surface area (TPSA) is 31.4 Å². The third kappa shape index (κ3) is 3.06. The summed E-state index contributed by atoms with van der Waals surface area (Å²) in [7, 11) is 2.14. The van der Waals surface area contributed by atoms with Crippen LogP contribution in [0.3, 0.4) is 0 Å². The van der Waals surface area contributed by atoms with Crippen LogP contribution < -0.4 is 5.43 Å². The molecule has 0 unspecified atom stereocenters. The van der Waals surface area contributed by atoms with Gasteiger partial charge in [0.05, 0.1) is 5.69 Å². The highest BCUT2D eigenvalue weighted by Crippen LogP contribution is 2.13. The summed E-state index contributed by atoms with van der Waals surface area (Å²) in [6, 6.07) is 3.75. The highest BCUT2D eigenvalue weighted by molar-refractivity contribution is 6.29. The number of hydrogen-bond acceptors (Lipinski definition) is 4. The molecule has 4 nitrogen and oxygen atoms in total. The van der Waals surface area contributed by atoms with E-state index in [4.69, 9.17) is 11.6 Å². The van der Waals surface area contributed by atoms with Crippen molar-refractivity contribution in [2.24, 2.45) is 0 Å². The van der Waals surface area contributed by atoms with Crippen molar-refractivity contribution >= 4 is 17.3 Å². The summed E-state index contributed by atoms with van der Waals surface area (Å²) in [5.74, 6) is 0. The SMILES string of the molecule is CN1CCN(Nc2ccnc(Cl)c2)CC1. The van der Waals surface area contributed by atoms with Gasteiger partial charge in [0, 0.05) is 32.4 Å². The Bertz CT molecular complexity index is 323. The largest absolute Gasteiger partial charge is 0.319 e. The minimum atomic E-state index is 0.522. The van der Waals surface area contributed by atoms with Crippen LogP contribution in [0, 0.1) is 0 Å². The summed E-state index contributed by atoms with van der Waals surface area (Å²) in [5, 5.41) is 2.72. The fourth-order valence-corrected chi connectivity index (χ4v) is 1.75. The number of piperazine rings is 1. The molecular formula is C10H15ClN4. The van der Waals surface area contributed by atoms with Gasteiger partial charge in [0.2, 0.25) is 0 Å². The molecule has 5 heteroatoms. The smallest absolute Gasteiger partial charge is 0.131 e. The number of hydrogen-bond donors (Lipinski definition) is 1. The number of pyridine rings is 1. The van der Waals surface area contributed by atoms with Crippen molar-refractivity contribution in [2.75, 3.05) is 38.7 Å². The number of halogens is 1. The number of rotatable bonds is 2. The average molecular weight is 227 g/mol. The Balaban J connectivity index is 1.92. The molecule has 2 rings (SSSR count). The summed E-state index contributed by atoms with van der Waals surface area (Å²) in [6.45, 7) is 4.23. The molecule has 0 radical (unpaired) electrons. The molecule has 0 saturated carbocycles. The quantitative estimate of drug-likeness (QED) is 0.771. The van der Waals surface area contributed by atoms with Crippen LogP contribution in [0.25, 0.3) is 0 Å². The lowest BCUT2D eigenvalue weighted by Crippen LogP contribution is -2.46. The third-order valence-electron chi connectivity index (χ3n) is 2.52. The monoisotopic (exact) mass is 226 g/mol. The first-order valence-electron chi connectivity index (χ1n) is 5.06. The Kier molecular flexibility index (Phi) is 3.41. The molecule has 0 aromatic carbocycles. The Labute approximate surface area is 94.8 Å². The van der Waals surface area contributed by atoms with Crippen LogP contribution in [0.1, 0.15) is 0 Å².